The maximum atomic E-state index is 12.6. The summed E-state index contributed by atoms with van der Waals surface area (Å²) in [7, 11) is 2.94. The van der Waals surface area contributed by atoms with E-state index >= 15 is 0 Å². The van der Waals surface area contributed by atoms with Crippen molar-refractivity contribution in [3.63, 3.8) is 0 Å². The summed E-state index contributed by atoms with van der Waals surface area (Å²) in [5.74, 6) is -0.512. The molecule has 1 atom stereocenters. The molecule has 2 aromatic carbocycles. The van der Waals surface area contributed by atoms with Gasteiger partial charge in [-0.15, -0.1) is 0 Å². The fourth-order valence-corrected chi connectivity index (χ4v) is 2.61. The number of esters is 1. The van der Waals surface area contributed by atoms with Crippen molar-refractivity contribution in [2.45, 2.75) is 13.0 Å². The lowest BCUT2D eigenvalue weighted by Gasteiger charge is -2.14. The molecule has 1 N–H and O–H groups in total. The summed E-state index contributed by atoms with van der Waals surface area (Å²) in [4.78, 5) is 25.0. The number of amides is 1. The van der Waals surface area contributed by atoms with E-state index in [1.54, 1.807) is 30.5 Å². The Balaban J connectivity index is 1.72. The number of carbonyl (C=O) groups excluding carboxylic acids is 2. The van der Waals surface area contributed by atoms with Gasteiger partial charge in [0, 0.05) is 0 Å². The Bertz CT molecular complexity index is 1000. The Morgan fingerprint density at radius 3 is 2.31 bits per heavy atom. The highest BCUT2D eigenvalue weighted by Gasteiger charge is 2.25. The van der Waals surface area contributed by atoms with Crippen LogP contribution in [0.4, 0.5) is 5.69 Å². The maximum Gasteiger partial charge on any atom is 0.363 e. The number of para-hydroxylation sites is 3. The largest absolute Gasteiger partial charge is 0.495 e. The van der Waals surface area contributed by atoms with E-state index in [-0.39, 0.29) is 11.4 Å². The standard InChI is InChI=1S/C21H21N3O5/c1-14(20(25)22-16-11-7-8-12-17(16)27-2)29-21(26)19-18(28-3)13-24(23-19)15-9-5-4-6-10-15/h4-14H,1-3H3,(H,22,25)/t14-/m0/s1. The van der Waals surface area contributed by atoms with Crippen molar-refractivity contribution in [2.24, 2.45) is 0 Å². The molecule has 0 spiro atoms. The molecular weight excluding hydrogens is 374 g/mol. The highest BCUT2D eigenvalue weighted by Crippen LogP contribution is 2.24. The van der Waals surface area contributed by atoms with Gasteiger partial charge in [0.05, 0.1) is 31.8 Å². The Kier molecular flexibility index (Phi) is 6.13. The van der Waals surface area contributed by atoms with Gasteiger partial charge in [-0.25, -0.2) is 9.48 Å². The Hall–Kier alpha value is -3.81. The molecule has 0 aliphatic carbocycles. The fraction of sp³-hybridized carbons (Fsp3) is 0.190. The monoisotopic (exact) mass is 395 g/mol. The van der Waals surface area contributed by atoms with Crippen molar-refractivity contribution in [1.29, 1.82) is 0 Å². The second-order valence-corrected chi connectivity index (χ2v) is 6.06. The van der Waals surface area contributed by atoms with Crippen LogP contribution in [0.3, 0.4) is 0 Å². The molecule has 0 unspecified atom stereocenters. The van der Waals surface area contributed by atoms with E-state index in [2.05, 4.69) is 10.4 Å². The third-order valence-electron chi connectivity index (χ3n) is 4.13. The SMILES string of the molecule is COc1ccccc1NC(=O)[C@H](C)OC(=O)c1nn(-c2ccccc2)cc1OC. The predicted octanol–water partition coefficient (Wildman–Crippen LogP) is 3.07. The Morgan fingerprint density at radius 2 is 1.62 bits per heavy atom. The second-order valence-electron chi connectivity index (χ2n) is 6.06. The number of nitrogens with one attached hydrogen (secondary N) is 1. The lowest BCUT2D eigenvalue weighted by atomic mass is 10.2. The van der Waals surface area contributed by atoms with Crippen molar-refractivity contribution < 1.29 is 23.8 Å². The first-order valence-corrected chi connectivity index (χ1v) is 8.87. The minimum absolute atomic E-state index is 0.0201. The van der Waals surface area contributed by atoms with Crippen molar-refractivity contribution >= 4 is 17.6 Å². The van der Waals surface area contributed by atoms with Crippen molar-refractivity contribution in [1.82, 2.24) is 9.78 Å². The highest BCUT2D eigenvalue weighted by atomic mass is 16.6. The zero-order valence-corrected chi connectivity index (χ0v) is 16.3. The molecule has 1 amide bonds. The van der Waals surface area contributed by atoms with Crippen LogP contribution in [0.1, 0.15) is 17.4 Å². The molecule has 8 nitrogen and oxygen atoms in total. The Labute approximate surface area is 168 Å². The van der Waals surface area contributed by atoms with E-state index in [9.17, 15) is 9.59 Å². The minimum Gasteiger partial charge on any atom is -0.495 e. The van der Waals surface area contributed by atoms with Crippen molar-refractivity contribution in [2.75, 3.05) is 19.5 Å². The van der Waals surface area contributed by atoms with Crippen LogP contribution in [0.5, 0.6) is 11.5 Å². The van der Waals surface area contributed by atoms with Crippen molar-refractivity contribution in [3.8, 4) is 17.2 Å². The molecule has 0 fully saturated rings. The summed E-state index contributed by atoms with van der Waals surface area (Å²) in [5, 5.41) is 6.92. The molecule has 3 rings (SSSR count). The van der Waals surface area contributed by atoms with E-state index in [0.29, 0.717) is 11.4 Å². The van der Waals surface area contributed by atoms with Gasteiger partial charge >= 0.3 is 5.97 Å². The van der Waals surface area contributed by atoms with Crippen LogP contribution >= 0.6 is 0 Å². The third kappa shape index (κ3) is 4.55. The van der Waals surface area contributed by atoms with Gasteiger partial charge in [-0.2, -0.15) is 5.10 Å². The smallest absolute Gasteiger partial charge is 0.363 e. The number of methoxy groups -OCH3 is 2. The zero-order chi connectivity index (χ0) is 20.8. The van der Waals surface area contributed by atoms with Gasteiger partial charge in [-0.05, 0) is 31.2 Å². The van der Waals surface area contributed by atoms with Crippen LogP contribution in [0.2, 0.25) is 0 Å². The number of nitrogens with zero attached hydrogens (tertiary/aromatic N) is 2. The molecule has 0 saturated carbocycles. The quantitative estimate of drug-likeness (QED) is 0.618. The number of hydrogen-bond acceptors (Lipinski definition) is 6. The van der Waals surface area contributed by atoms with E-state index in [1.807, 2.05) is 30.3 Å². The van der Waals surface area contributed by atoms with Crippen LogP contribution in [-0.4, -0.2) is 42.0 Å². The van der Waals surface area contributed by atoms with Gasteiger partial charge in [0.1, 0.15) is 5.75 Å². The number of rotatable bonds is 7. The normalized spacial score (nSPS) is 11.4. The highest BCUT2D eigenvalue weighted by molar-refractivity contribution is 5.98. The first-order valence-electron chi connectivity index (χ1n) is 8.87. The molecule has 0 aliphatic heterocycles. The van der Waals surface area contributed by atoms with E-state index < -0.39 is 18.0 Å². The van der Waals surface area contributed by atoms with Crippen LogP contribution in [0.25, 0.3) is 5.69 Å². The molecule has 8 heteroatoms. The minimum atomic E-state index is -1.06. The van der Waals surface area contributed by atoms with Crippen LogP contribution < -0.4 is 14.8 Å². The Morgan fingerprint density at radius 1 is 0.966 bits per heavy atom. The predicted molar refractivity (Wildman–Crippen MR) is 107 cm³/mol. The summed E-state index contributed by atoms with van der Waals surface area (Å²) in [5.41, 5.74) is 1.22. The molecule has 29 heavy (non-hydrogen) atoms. The van der Waals surface area contributed by atoms with Crippen LogP contribution in [-0.2, 0) is 9.53 Å². The van der Waals surface area contributed by atoms with E-state index in [4.69, 9.17) is 14.2 Å². The topological polar surface area (TPSA) is 91.7 Å². The maximum absolute atomic E-state index is 12.6. The van der Waals surface area contributed by atoms with Crippen LogP contribution in [0.15, 0.2) is 60.8 Å². The summed E-state index contributed by atoms with van der Waals surface area (Å²) in [6.45, 7) is 1.48. The lowest BCUT2D eigenvalue weighted by molar-refractivity contribution is -0.123. The molecule has 3 aromatic rings. The van der Waals surface area contributed by atoms with Crippen LogP contribution in [0, 0.1) is 0 Å². The fourth-order valence-electron chi connectivity index (χ4n) is 2.61. The number of ether oxygens (including phenoxy) is 3. The number of carbonyl (C=O) groups is 2. The van der Waals surface area contributed by atoms with Gasteiger partial charge in [0.2, 0.25) is 5.69 Å². The molecular formula is C21H21N3O5. The van der Waals surface area contributed by atoms with E-state index in [1.165, 1.54) is 25.8 Å². The van der Waals surface area contributed by atoms with Crippen molar-refractivity contribution in [3.05, 3.63) is 66.5 Å². The molecule has 150 valence electrons. The second kappa shape index (κ2) is 8.92. The summed E-state index contributed by atoms with van der Waals surface area (Å²) in [6, 6.07) is 16.2. The van der Waals surface area contributed by atoms with Gasteiger partial charge in [0.25, 0.3) is 5.91 Å². The first-order chi connectivity index (χ1) is 14.0. The average molecular weight is 395 g/mol. The zero-order valence-electron chi connectivity index (χ0n) is 16.3. The molecule has 1 aromatic heterocycles. The summed E-state index contributed by atoms with van der Waals surface area (Å²) < 4.78 is 17.2. The third-order valence-corrected chi connectivity index (χ3v) is 4.13. The van der Waals surface area contributed by atoms with Gasteiger partial charge < -0.3 is 19.5 Å². The number of benzene rings is 2. The van der Waals surface area contributed by atoms with Gasteiger partial charge in [-0.1, -0.05) is 30.3 Å². The van der Waals surface area contributed by atoms with Gasteiger partial charge in [0.15, 0.2) is 11.9 Å². The number of aromatic nitrogens is 2. The molecule has 0 bridgehead atoms. The molecule has 0 radical (unpaired) electrons. The average Bonchev–Trinajstić information content (AvgIpc) is 3.19. The lowest BCUT2D eigenvalue weighted by Crippen LogP contribution is -2.30. The number of anilines is 1. The molecule has 1 heterocycles. The summed E-state index contributed by atoms with van der Waals surface area (Å²) in [6.07, 6.45) is 0.518. The molecule has 0 aliphatic rings. The number of hydrogen-bond donors (Lipinski definition) is 1. The van der Waals surface area contributed by atoms with E-state index in [0.717, 1.165) is 5.69 Å². The van der Waals surface area contributed by atoms with Gasteiger partial charge in [-0.3, -0.25) is 4.79 Å². The molecule has 0 saturated heterocycles. The first kappa shape index (κ1) is 19.9. The summed E-state index contributed by atoms with van der Waals surface area (Å²) >= 11 is 0.